The Hall–Kier alpha value is -2.95. The highest BCUT2D eigenvalue weighted by Crippen LogP contribution is 2.24. The number of amides is 1. The quantitative estimate of drug-likeness (QED) is 0.768. The Morgan fingerprint density at radius 2 is 2.00 bits per heavy atom. The topological polar surface area (TPSA) is 86.3 Å². The van der Waals surface area contributed by atoms with Gasteiger partial charge in [-0.3, -0.25) is 4.79 Å². The van der Waals surface area contributed by atoms with Crippen molar-refractivity contribution in [2.24, 2.45) is 0 Å². The highest BCUT2D eigenvalue weighted by molar-refractivity contribution is 5.76. The van der Waals surface area contributed by atoms with Crippen molar-refractivity contribution in [3.05, 3.63) is 41.3 Å². The van der Waals surface area contributed by atoms with Gasteiger partial charge >= 0.3 is 0 Å². The number of carbonyl (C=O) groups excluding carboxylic acids is 1. The molecule has 0 bridgehead atoms. The van der Waals surface area contributed by atoms with Crippen LogP contribution in [0.25, 0.3) is 0 Å². The largest absolute Gasteiger partial charge is 0.367 e. The molecule has 1 amide bonds. The third kappa shape index (κ3) is 4.91. The molecule has 154 valence electrons. The second kappa shape index (κ2) is 8.60. The fourth-order valence-corrected chi connectivity index (χ4v) is 3.29. The van der Waals surface area contributed by atoms with E-state index in [1.54, 1.807) is 12.1 Å². The number of hydrogen-bond acceptors (Lipinski definition) is 6. The number of aromatic nitrogens is 2. The number of carbonyl (C=O) groups is 1. The number of hydrogen-bond donors (Lipinski definition) is 0. The molecule has 1 fully saturated rings. The van der Waals surface area contributed by atoms with Gasteiger partial charge in [0.15, 0.2) is 5.82 Å². The number of aryl methyl sites for hydroxylation is 1. The first kappa shape index (κ1) is 20.8. The standard InChI is InChI=1S/C21H26FN5O2/c1-21(2,3)20-24-18(29-25-20)8-5-9-19(28)27-12-10-26(11-13-27)17-7-4-6-16(22)15(17)14-23/h4,6-7H,5,8-13H2,1-3H3. The van der Waals surface area contributed by atoms with Gasteiger partial charge in [0.2, 0.25) is 11.8 Å². The van der Waals surface area contributed by atoms with E-state index in [1.807, 2.05) is 36.6 Å². The lowest BCUT2D eigenvalue weighted by Crippen LogP contribution is -2.49. The summed E-state index contributed by atoms with van der Waals surface area (Å²) in [5, 5.41) is 13.2. The third-order valence-electron chi connectivity index (χ3n) is 5.00. The molecule has 0 aliphatic carbocycles. The Kier molecular flexibility index (Phi) is 6.16. The van der Waals surface area contributed by atoms with Crippen LogP contribution in [0.5, 0.6) is 0 Å². The van der Waals surface area contributed by atoms with Crippen LogP contribution in [-0.4, -0.2) is 47.1 Å². The summed E-state index contributed by atoms with van der Waals surface area (Å²) in [5.41, 5.74) is 0.483. The van der Waals surface area contributed by atoms with Crippen molar-refractivity contribution in [2.75, 3.05) is 31.1 Å². The zero-order chi connectivity index (χ0) is 21.0. The van der Waals surface area contributed by atoms with E-state index in [1.165, 1.54) is 6.07 Å². The van der Waals surface area contributed by atoms with Gasteiger partial charge in [0.1, 0.15) is 17.4 Å². The number of rotatable bonds is 5. The van der Waals surface area contributed by atoms with Crippen LogP contribution in [0.2, 0.25) is 0 Å². The average molecular weight is 399 g/mol. The first-order chi connectivity index (χ1) is 13.8. The van der Waals surface area contributed by atoms with Gasteiger partial charge in [0.25, 0.3) is 0 Å². The van der Waals surface area contributed by atoms with Crippen molar-refractivity contribution in [3.8, 4) is 6.07 Å². The normalized spacial score (nSPS) is 14.7. The average Bonchev–Trinajstić information content (AvgIpc) is 3.17. The van der Waals surface area contributed by atoms with Crippen molar-refractivity contribution < 1.29 is 13.7 Å². The fraction of sp³-hybridized carbons (Fsp3) is 0.524. The van der Waals surface area contributed by atoms with Crippen LogP contribution in [0.4, 0.5) is 10.1 Å². The summed E-state index contributed by atoms with van der Waals surface area (Å²) in [6, 6.07) is 6.57. The number of benzene rings is 1. The highest BCUT2D eigenvalue weighted by atomic mass is 19.1. The number of anilines is 1. The van der Waals surface area contributed by atoms with Crippen LogP contribution in [0.1, 0.15) is 50.9 Å². The van der Waals surface area contributed by atoms with E-state index in [2.05, 4.69) is 10.1 Å². The first-order valence-electron chi connectivity index (χ1n) is 9.84. The first-order valence-corrected chi connectivity index (χ1v) is 9.84. The van der Waals surface area contributed by atoms with Crippen molar-refractivity contribution in [2.45, 2.75) is 45.4 Å². The van der Waals surface area contributed by atoms with Gasteiger partial charge < -0.3 is 14.3 Å². The molecule has 0 atom stereocenters. The zero-order valence-corrected chi connectivity index (χ0v) is 17.1. The Labute approximate surface area is 170 Å². The summed E-state index contributed by atoms with van der Waals surface area (Å²) < 4.78 is 19.1. The van der Waals surface area contributed by atoms with Gasteiger partial charge in [0, 0.05) is 44.4 Å². The maximum atomic E-state index is 13.8. The molecule has 29 heavy (non-hydrogen) atoms. The Balaban J connectivity index is 1.48. The monoisotopic (exact) mass is 399 g/mol. The minimum absolute atomic E-state index is 0.0569. The summed E-state index contributed by atoms with van der Waals surface area (Å²) >= 11 is 0. The number of halogens is 1. The summed E-state index contributed by atoms with van der Waals surface area (Å²) in [7, 11) is 0. The highest BCUT2D eigenvalue weighted by Gasteiger charge is 2.24. The molecule has 1 aliphatic rings. The Bertz CT molecular complexity index is 905. The summed E-state index contributed by atoms with van der Waals surface area (Å²) in [4.78, 5) is 20.7. The molecule has 0 saturated carbocycles. The predicted octanol–water partition coefficient (Wildman–Crippen LogP) is 3.05. The molecule has 0 unspecified atom stereocenters. The van der Waals surface area contributed by atoms with Gasteiger partial charge in [-0.05, 0) is 18.6 Å². The molecule has 1 saturated heterocycles. The van der Waals surface area contributed by atoms with Gasteiger partial charge in [-0.25, -0.2) is 4.39 Å². The van der Waals surface area contributed by atoms with Gasteiger partial charge in [-0.2, -0.15) is 10.2 Å². The lowest BCUT2D eigenvalue weighted by atomic mass is 9.96. The summed E-state index contributed by atoms with van der Waals surface area (Å²) in [6.07, 6.45) is 1.63. The molecule has 8 heteroatoms. The molecule has 7 nitrogen and oxygen atoms in total. The molecule has 1 aromatic carbocycles. The molecule has 2 aromatic rings. The SMILES string of the molecule is CC(C)(C)c1noc(CCCC(=O)N2CCN(c3cccc(F)c3C#N)CC2)n1. The van der Waals surface area contributed by atoms with Crippen LogP contribution in [0.15, 0.2) is 22.7 Å². The fourth-order valence-electron chi connectivity index (χ4n) is 3.29. The van der Waals surface area contributed by atoms with E-state index < -0.39 is 5.82 Å². The molecular weight excluding hydrogens is 373 g/mol. The number of nitrogens with zero attached hydrogens (tertiary/aromatic N) is 5. The summed E-state index contributed by atoms with van der Waals surface area (Å²) in [5.74, 6) is 0.797. The van der Waals surface area contributed by atoms with Gasteiger partial charge in [0.05, 0.1) is 5.69 Å². The van der Waals surface area contributed by atoms with Crippen LogP contribution in [0, 0.1) is 17.1 Å². The zero-order valence-electron chi connectivity index (χ0n) is 17.1. The van der Waals surface area contributed by atoms with E-state index in [0.717, 1.165) is 0 Å². The van der Waals surface area contributed by atoms with Gasteiger partial charge in [-0.1, -0.05) is 32.0 Å². The smallest absolute Gasteiger partial charge is 0.226 e. The second-order valence-corrected chi connectivity index (χ2v) is 8.23. The van der Waals surface area contributed by atoms with E-state index in [9.17, 15) is 14.4 Å². The molecule has 3 rings (SSSR count). The van der Waals surface area contributed by atoms with Crippen LogP contribution in [-0.2, 0) is 16.6 Å². The minimum Gasteiger partial charge on any atom is -0.367 e. The van der Waals surface area contributed by atoms with E-state index in [0.29, 0.717) is 62.8 Å². The molecule has 1 aliphatic heterocycles. The molecule has 0 N–H and O–H groups in total. The van der Waals surface area contributed by atoms with Gasteiger partial charge in [-0.15, -0.1) is 0 Å². The van der Waals surface area contributed by atoms with E-state index in [4.69, 9.17) is 4.52 Å². The Morgan fingerprint density at radius 1 is 1.28 bits per heavy atom. The van der Waals surface area contributed by atoms with Crippen LogP contribution >= 0.6 is 0 Å². The molecule has 1 aromatic heterocycles. The second-order valence-electron chi connectivity index (χ2n) is 8.23. The molecule has 2 heterocycles. The predicted molar refractivity (Wildman–Crippen MR) is 106 cm³/mol. The van der Waals surface area contributed by atoms with Crippen molar-refractivity contribution in [1.29, 1.82) is 5.26 Å². The Morgan fingerprint density at radius 3 is 2.62 bits per heavy atom. The number of piperazine rings is 1. The van der Waals surface area contributed by atoms with Crippen LogP contribution < -0.4 is 4.90 Å². The maximum Gasteiger partial charge on any atom is 0.226 e. The summed E-state index contributed by atoms with van der Waals surface area (Å²) in [6.45, 7) is 8.31. The molecule has 0 radical (unpaired) electrons. The van der Waals surface area contributed by atoms with Crippen molar-refractivity contribution >= 4 is 11.6 Å². The molecule has 0 spiro atoms. The van der Waals surface area contributed by atoms with Crippen LogP contribution in [0.3, 0.4) is 0 Å². The number of nitriles is 1. The van der Waals surface area contributed by atoms with E-state index in [-0.39, 0.29) is 16.9 Å². The third-order valence-corrected chi connectivity index (χ3v) is 5.00. The lowest BCUT2D eigenvalue weighted by Gasteiger charge is -2.36. The van der Waals surface area contributed by atoms with E-state index >= 15 is 0 Å². The maximum absolute atomic E-state index is 13.8. The minimum atomic E-state index is -0.515. The lowest BCUT2D eigenvalue weighted by molar-refractivity contribution is -0.131. The van der Waals surface area contributed by atoms with Crippen molar-refractivity contribution in [3.63, 3.8) is 0 Å². The molecular formula is C21H26FN5O2. The van der Waals surface area contributed by atoms with Crippen molar-refractivity contribution in [1.82, 2.24) is 15.0 Å².